The highest BCUT2D eigenvalue weighted by atomic mass is 32.2. The molecule has 0 bridgehead atoms. The molecule has 1 heterocycles. The number of amides is 1. The third-order valence-electron chi connectivity index (χ3n) is 4.09. The molecule has 1 N–H and O–H groups in total. The molecule has 0 radical (unpaired) electrons. The van der Waals surface area contributed by atoms with E-state index in [0.717, 1.165) is 50.8 Å². The van der Waals surface area contributed by atoms with Gasteiger partial charge in [-0.25, -0.2) is 0 Å². The van der Waals surface area contributed by atoms with Crippen molar-refractivity contribution in [2.75, 3.05) is 37.8 Å². The van der Waals surface area contributed by atoms with Crippen LogP contribution >= 0.6 is 0 Å². The van der Waals surface area contributed by atoms with Gasteiger partial charge in [0, 0.05) is 12.2 Å². The van der Waals surface area contributed by atoms with Crippen LogP contribution in [0.2, 0.25) is 0 Å². The molecule has 1 aromatic rings. The number of hydrogen-bond donors (Lipinski definition) is 1. The van der Waals surface area contributed by atoms with Crippen molar-refractivity contribution in [3.8, 4) is 0 Å². The number of likely N-dealkylation sites (tertiary alicyclic amines) is 1. The molecule has 0 aromatic heterocycles. The van der Waals surface area contributed by atoms with E-state index in [1.54, 1.807) is 0 Å². The van der Waals surface area contributed by atoms with E-state index in [4.69, 9.17) is 4.18 Å². The number of hydrogen-bond acceptors (Lipinski definition) is 5. The minimum absolute atomic E-state index is 0.248. The minimum Gasteiger partial charge on any atom is -0.329 e. The lowest BCUT2D eigenvalue weighted by Crippen LogP contribution is -2.34. The lowest BCUT2D eigenvalue weighted by atomic mass is 9.89. The lowest BCUT2D eigenvalue weighted by Gasteiger charge is -2.32. The second kappa shape index (κ2) is 8.42. The zero-order valence-corrected chi connectivity index (χ0v) is 14.2. The molecule has 1 saturated heterocycles. The fourth-order valence-electron chi connectivity index (χ4n) is 2.94. The smallest absolute Gasteiger partial charge is 0.264 e. The molecule has 0 aliphatic carbocycles. The predicted molar refractivity (Wildman–Crippen MR) is 90.0 cm³/mol. The van der Waals surface area contributed by atoms with E-state index in [1.165, 1.54) is 5.56 Å². The number of benzene rings is 1. The van der Waals surface area contributed by atoms with E-state index >= 15 is 0 Å². The first-order chi connectivity index (χ1) is 11.0. The van der Waals surface area contributed by atoms with E-state index in [2.05, 4.69) is 16.3 Å². The number of nitrogens with zero attached hydrogens (tertiary/aromatic N) is 1. The maximum absolute atomic E-state index is 10.9. The van der Waals surface area contributed by atoms with Gasteiger partial charge in [-0.15, -0.1) is 0 Å². The summed E-state index contributed by atoms with van der Waals surface area (Å²) in [6.07, 6.45) is 4.62. The van der Waals surface area contributed by atoms with Crippen LogP contribution in [0, 0.1) is 0 Å². The Kier molecular flexibility index (Phi) is 6.56. The van der Waals surface area contributed by atoms with Crippen LogP contribution in [0.1, 0.15) is 30.7 Å². The van der Waals surface area contributed by atoms with Crippen molar-refractivity contribution in [1.29, 1.82) is 0 Å². The quantitative estimate of drug-likeness (QED) is 0.444. The average Bonchev–Trinajstić information content (AvgIpc) is 2.52. The number of nitrogens with one attached hydrogen (secondary N) is 1. The van der Waals surface area contributed by atoms with Crippen molar-refractivity contribution < 1.29 is 17.4 Å². The largest absolute Gasteiger partial charge is 0.329 e. The Bertz CT molecular complexity index is 610. The molecule has 1 aromatic carbocycles. The molecular formula is C16H24N2O4S. The Morgan fingerprint density at radius 3 is 2.74 bits per heavy atom. The maximum atomic E-state index is 10.9. The number of anilines is 1. The second-order valence-electron chi connectivity index (χ2n) is 5.88. The molecule has 7 heteroatoms. The van der Waals surface area contributed by atoms with Gasteiger partial charge in [-0.2, -0.15) is 8.42 Å². The summed E-state index contributed by atoms with van der Waals surface area (Å²) in [6.45, 7) is 3.09. The first kappa shape index (κ1) is 17.9. The van der Waals surface area contributed by atoms with Crippen LogP contribution in [0.5, 0.6) is 0 Å². The summed E-state index contributed by atoms with van der Waals surface area (Å²) >= 11 is 0. The van der Waals surface area contributed by atoms with Gasteiger partial charge < -0.3 is 10.2 Å². The summed E-state index contributed by atoms with van der Waals surface area (Å²) in [5.41, 5.74) is 2.09. The third kappa shape index (κ3) is 6.29. The normalized spacial score (nSPS) is 17.1. The molecule has 1 fully saturated rings. The molecule has 23 heavy (non-hydrogen) atoms. The average molecular weight is 340 g/mol. The SMILES string of the molecule is CS(=O)(=O)OCCCN1CCC(c2cccc(NC=O)c2)CC1. The van der Waals surface area contributed by atoms with Crippen LogP contribution in [0.25, 0.3) is 0 Å². The summed E-state index contributed by atoms with van der Waals surface area (Å²) in [5.74, 6) is 0.506. The topological polar surface area (TPSA) is 75.7 Å². The lowest BCUT2D eigenvalue weighted by molar-refractivity contribution is -0.105. The van der Waals surface area contributed by atoms with Gasteiger partial charge in [0.2, 0.25) is 6.41 Å². The Morgan fingerprint density at radius 1 is 1.35 bits per heavy atom. The number of carbonyl (C=O) groups is 1. The van der Waals surface area contributed by atoms with Crippen molar-refractivity contribution in [3.63, 3.8) is 0 Å². The molecule has 1 amide bonds. The number of piperidine rings is 1. The van der Waals surface area contributed by atoms with Gasteiger partial charge in [0.25, 0.3) is 10.1 Å². The summed E-state index contributed by atoms with van der Waals surface area (Å²) in [5, 5.41) is 2.69. The van der Waals surface area contributed by atoms with Crippen molar-refractivity contribution in [1.82, 2.24) is 4.90 Å². The summed E-state index contributed by atoms with van der Waals surface area (Å²) in [6, 6.07) is 8.00. The first-order valence-corrected chi connectivity index (χ1v) is 9.66. The van der Waals surface area contributed by atoms with Crippen LogP contribution in [-0.4, -0.2) is 52.2 Å². The van der Waals surface area contributed by atoms with Gasteiger partial charge in [-0.3, -0.25) is 8.98 Å². The van der Waals surface area contributed by atoms with Gasteiger partial charge >= 0.3 is 0 Å². The Hall–Kier alpha value is -1.44. The molecular weight excluding hydrogens is 316 g/mol. The van der Waals surface area contributed by atoms with Crippen LogP contribution in [0.15, 0.2) is 24.3 Å². The highest BCUT2D eigenvalue weighted by molar-refractivity contribution is 7.85. The van der Waals surface area contributed by atoms with Crippen molar-refractivity contribution in [2.45, 2.75) is 25.2 Å². The highest BCUT2D eigenvalue weighted by Gasteiger charge is 2.20. The van der Waals surface area contributed by atoms with Crippen LogP contribution < -0.4 is 5.32 Å². The van der Waals surface area contributed by atoms with Gasteiger partial charge in [-0.05, 0) is 56.0 Å². The zero-order valence-electron chi connectivity index (χ0n) is 13.4. The predicted octanol–water partition coefficient (Wildman–Crippen LogP) is 1.80. The molecule has 0 unspecified atom stereocenters. The first-order valence-electron chi connectivity index (χ1n) is 7.85. The summed E-state index contributed by atoms with van der Waals surface area (Å²) in [4.78, 5) is 12.9. The maximum Gasteiger partial charge on any atom is 0.264 e. The van der Waals surface area contributed by atoms with E-state index in [1.807, 2.05) is 18.2 Å². The molecule has 0 spiro atoms. The Morgan fingerprint density at radius 2 is 2.09 bits per heavy atom. The molecule has 1 aliphatic rings. The van der Waals surface area contributed by atoms with Crippen LogP contribution in [0.4, 0.5) is 5.69 Å². The fraction of sp³-hybridized carbons (Fsp3) is 0.562. The Labute approximate surface area is 137 Å². The molecule has 2 rings (SSSR count). The molecule has 6 nitrogen and oxygen atoms in total. The van der Waals surface area contributed by atoms with Crippen LogP contribution in [0.3, 0.4) is 0 Å². The number of carbonyl (C=O) groups excluding carboxylic acids is 1. The van der Waals surface area contributed by atoms with E-state index < -0.39 is 10.1 Å². The standard InChI is InChI=1S/C16H24N2O4S/c1-23(20,21)22-11-3-8-18-9-6-14(7-10-18)15-4-2-5-16(12-15)17-13-19/h2,4-5,12-14H,3,6-11H2,1H3,(H,17,19). The van der Waals surface area contributed by atoms with Gasteiger partial charge in [-0.1, -0.05) is 12.1 Å². The summed E-state index contributed by atoms with van der Waals surface area (Å²) < 4.78 is 26.5. The molecule has 1 aliphatic heterocycles. The van der Waals surface area contributed by atoms with Gasteiger partial charge in [0.15, 0.2) is 0 Å². The van der Waals surface area contributed by atoms with E-state index in [0.29, 0.717) is 12.3 Å². The second-order valence-corrected chi connectivity index (χ2v) is 7.53. The minimum atomic E-state index is -3.33. The van der Waals surface area contributed by atoms with E-state index in [9.17, 15) is 13.2 Å². The van der Waals surface area contributed by atoms with Crippen molar-refractivity contribution in [3.05, 3.63) is 29.8 Å². The number of rotatable bonds is 8. The highest BCUT2D eigenvalue weighted by Crippen LogP contribution is 2.29. The van der Waals surface area contributed by atoms with Gasteiger partial charge in [0.05, 0.1) is 12.9 Å². The summed E-state index contributed by atoms with van der Waals surface area (Å²) in [7, 11) is -3.33. The molecule has 128 valence electrons. The Balaban J connectivity index is 1.75. The zero-order chi connectivity index (χ0) is 16.7. The van der Waals surface area contributed by atoms with Crippen molar-refractivity contribution in [2.24, 2.45) is 0 Å². The molecule has 0 saturated carbocycles. The molecule has 0 atom stereocenters. The fourth-order valence-corrected chi connectivity index (χ4v) is 3.36. The van der Waals surface area contributed by atoms with Gasteiger partial charge in [0.1, 0.15) is 0 Å². The monoisotopic (exact) mass is 340 g/mol. The third-order valence-corrected chi connectivity index (χ3v) is 4.68. The van der Waals surface area contributed by atoms with E-state index in [-0.39, 0.29) is 6.61 Å². The van der Waals surface area contributed by atoms with Crippen molar-refractivity contribution >= 4 is 22.2 Å². The van der Waals surface area contributed by atoms with Crippen LogP contribution in [-0.2, 0) is 19.1 Å².